The van der Waals surface area contributed by atoms with Crippen molar-refractivity contribution in [1.82, 2.24) is 9.80 Å². The van der Waals surface area contributed by atoms with E-state index in [2.05, 4.69) is 16.7 Å². The average Bonchev–Trinajstić information content (AvgIpc) is 2.53. The van der Waals surface area contributed by atoms with E-state index in [1.165, 1.54) is 57.8 Å². The van der Waals surface area contributed by atoms with Gasteiger partial charge in [-0.25, -0.2) is 4.79 Å². The van der Waals surface area contributed by atoms with E-state index < -0.39 is 5.97 Å². The minimum absolute atomic E-state index is 0. The van der Waals surface area contributed by atoms with E-state index in [1.54, 1.807) is 13.1 Å². The summed E-state index contributed by atoms with van der Waals surface area (Å²) in [5.74, 6) is -0.826. The molecule has 0 saturated heterocycles. The van der Waals surface area contributed by atoms with Gasteiger partial charge in [0, 0.05) is 31.4 Å². The molecule has 0 heterocycles. The largest absolute Gasteiger partial charge is 0.478 e. The molecule has 0 aliphatic rings. The lowest BCUT2D eigenvalue weighted by atomic mass is 10.1. The van der Waals surface area contributed by atoms with E-state index in [4.69, 9.17) is 5.11 Å². The van der Waals surface area contributed by atoms with Crippen LogP contribution in [0.2, 0.25) is 0 Å². The zero-order valence-electron chi connectivity index (χ0n) is 16.9. The normalized spacial score (nSPS) is 11.5. The Hall–Kier alpha value is -0.550. The van der Waals surface area contributed by atoms with Crippen LogP contribution >= 0.6 is 17.0 Å². The first-order valence-electron chi connectivity index (χ1n) is 9.77. The van der Waals surface area contributed by atoms with Crippen molar-refractivity contribution in [1.29, 1.82) is 0 Å². The Morgan fingerprint density at radius 1 is 0.840 bits per heavy atom. The van der Waals surface area contributed by atoms with E-state index in [0.29, 0.717) is 5.57 Å². The quantitative estimate of drug-likeness (QED) is 0.270. The van der Waals surface area contributed by atoms with Gasteiger partial charge in [0.1, 0.15) is 0 Å². The van der Waals surface area contributed by atoms with Gasteiger partial charge in [0.15, 0.2) is 0 Å². The fourth-order valence-corrected chi connectivity index (χ4v) is 2.70. The summed E-state index contributed by atoms with van der Waals surface area (Å²) in [6, 6.07) is 0. The van der Waals surface area contributed by atoms with Gasteiger partial charge in [-0.2, -0.15) is 0 Å². The van der Waals surface area contributed by atoms with Crippen LogP contribution in [0.4, 0.5) is 0 Å². The Morgan fingerprint density at radius 2 is 1.32 bits per heavy atom. The number of rotatable bonds is 16. The van der Waals surface area contributed by atoms with Crippen LogP contribution in [0.15, 0.2) is 11.8 Å². The van der Waals surface area contributed by atoms with Gasteiger partial charge in [-0.3, -0.25) is 0 Å². The van der Waals surface area contributed by atoms with Crippen molar-refractivity contribution in [3.8, 4) is 0 Å². The fourth-order valence-electron chi connectivity index (χ4n) is 2.70. The highest BCUT2D eigenvalue weighted by Crippen LogP contribution is 2.11. The van der Waals surface area contributed by atoms with Crippen molar-refractivity contribution in [3.05, 3.63) is 11.8 Å². The Labute approximate surface area is 166 Å². The molecule has 0 spiro atoms. The van der Waals surface area contributed by atoms with Crippen LogP contribution in [-0.4, -0.2) is 54.6 Å². The van der Waals surface area contributed by atoms with Crippen LogP contribution in [0.5, 0.6) is 0 Å². The average molecular weight is 421 g/mol. The third-order valence-corrected chi connectivity index (χ3v) is 4.35. The second-order valence-corrected chi connectivity index (χ2v) is 7.14. The Kier molecular flexibility index (Phi) is 19.5. The molecule has 0 saturated carbocycles. The maximum Gasteiger partial charge on any atom is 0.332 e. The van der Waals surface area contributed by atoms with Gasteiger partial charge in [-0.1, -0.05) is 64.7 Å². The molecule has 4 nitrogen and oxygen atoms in total. The number of halogens is 1. The van der Waals surface area contributed by atoms with Crippen molar-refractivity contribution in [3.63, 3.8) is 0 Å². The van der Waals surface area contributed by atoms with Crippen molar-refractivity contribution < 1.29 is 9.90 Å². The molecule has 0 radical (unpaired) electrons. The number of nitrogens with zero attached hydrogens (tertiary/aromatic N) is 2. The minimum Gasteiger partial charge on any atom is -0.478 e. The maximum absolute atomic E-state index is 11.0. The van der Waals surface area contributed by atoms with E-state index in [9.17, 15) is 4.79 Å². The number of unbranched alkanes of at least 4 members (excludes halogenated alkanes) is 9. The molecule has 0 unspecified atom stereocenters. The molecule has 25 heavy (non-hydrogen) atoms. The molecule has 0 aromatic rings. The van der Waals surface area contributed by atoms with Gasteiger partial charge in [-0.05, 0) is 27.4 Å². The van der Waals surface area contributed by atoms with Crippen molar-refractivity contribution in [2.24, 2.45) is 0 Å². The molecule has 5 heteroatoms. The fraction of sp³-hybridized carbons (Fsp3) is 0.850. The number of carbonyl (C=O) groups is 1. The van der Waals surface area contributed by atoms with Gasteiger partial charge < -0.3 is 14.9 Å². The van der Waals surface area contributed by atoms with Crippen molar-refractivity contribution >= 4 is 23.0 Å². The van der Waals surface area contributed by atoms with E-state index in [-0.39, 0.29) is 17.0 Å². The SMILES string of the molecule is Br.CCCCCCCCCCCCN(C=C(C)C(=O)O)CCN(C)C. The third-order valence-electron chi connectivity index (χ3n) is 4.35. The van der Waals surface area contributed by atoms with Gasteiger partial charge >= 0.3 is 5.97 Å². The van der Waals surface area contributed by atoms with Gasteiger partial charge in [0.05, 0.1) is 0 Å². The molecule has 0 bridgehead atoms. The summed E-state index contributed by atoms with van der Waals surface area (Å²) in [6.07, 6.45) is 15.1. The van der Waals surface area contributed by atoms with E-state index >= 15 is 0 Å². The first-order chi connectivity index (χ1) is 11.5. The standard InChI is InChI=1S/C20H40N2O2.BrH/c1-5-6-7-8-9-10-11-12-13-14-15-22(17-16-21(3)4)18-19(2)20(23)24;/h18H,5-17H2,1-4H3,(H,23,24);1H. The molecule has 0 aliphatic carbocycles. The number of aliphatic carboxylic acids is 1. The van der Waals surface area contributed by atoms with Crippen molar-refractivity contribution in [2.75, 3.05) is 33.7 Å². The second-order valence-electron chi connectivity index (χ2n) is 7.14. The Morgan fingerprint density at radius 3 is 1.76 bits per heavy atom. The van der Waals surface area contributed by atoms with Crippen LogP contribution in [0.1, 0.15) is 78.1 Å². The van der Waals surface area contributed by atoms with Gasteiger partial charge in [-0.15, -0.1) is 17.0 Å². The highest BCUT2D eigenvalue weighted by molar-refractivity contribution is 8.93. The van der Waals surface area contributed by atoms with Gasteiger partial charge in [0.2, 0.25) is 0 Å². The first kappa shape index (κ1) is 26.7. The molecule has 0 rings (SSSR count). The van der Waals surface area contributed by atoms with Crippen molar-refractivity contribution in [2.45, 2.75) is 78.1 Å². The third kappa shape index (κ3) is 18.0. The Bertz CT molecular complexity index is 347. The molecule has 0 aromatic heterocycles. The predicted molar refractivity (Wildman–Crippen MR) is 114 cm³/mol. The lowest BCUT2D eigenvalue weighted by Crippen LogP contribution is -2.29. The van der Waals surface area contributed by atoms with Crippen LogP contribution in [0, 0.1) is 0 Å². The first-order valence-corrected chi connectivity index (χ1v) is 9.77. The number of carboxylic acids is 1. The summed E-state index contributed by atoms with van der Waals surface area (Å²) in [5, 5.41) is 9.05. The molecular weight excluding hydrogens is 380 g/mol. The summed E-state index contributed by atoms with van der Waals surface area (Å²) < 4.78 is 0. The summed E-state index contributed by atoms with van der Waals surface area (Å²) >= 11 is 0. The molecule has 0 aliphatic heterocycles. The van der Waals surface area contributed by atoms with E-state index in [0.717, 1.165) is 26.1 Å². The number of likely N-dealkylation sites (N-methyl/N-ethyl adjacent to an activating group) is 1. The summed E-state index contributed by atoms with van der Waals surface area (Å²) in [5.41, 5.74) is 0.417. The molecule has 0 atom stereocenters. The number of hydrogen-bond donors (Lipinski definition) is 1. The smallest absolute Gasteiger partial charge is 0.332 e. The lowest BCUT2D eigenvalue weighted by Gasteiger charge is -2.23. The molecule has 1 N–H and O–H groups in total. The zero-order valence-corrected chi connectivity index (χ0v) is 18.6. The Balaban J connectivity index is 0. The topological polar surface area (TPSA) is 43.8 Å². The van der Waals surface area contributed by atoms with E-state index in [1.807, 2.05) is 14.1 Å². The maximum atomic E-state index is 11.0. The monoisotopic (exact) mass is 420 g/mol. The van der Waals surface area contributed by atoms with Crippen LogP contribution < -0.4 is 0 Å². The minimum atomic E-state index is -0.826. The van der Waals surface area contributed by atoms with Crippen LogP contribution in [-0.2, 0) is 4.79 Å². The lowest BCUT2D eigenvalue weighted by molar-refractivity contribution is -0.132. The second kappa shape index (κ2) is 18.2. The molecular formula is C20H41BrN2O2. The highest BCUT2D eigenvalue weighted by atomic mass is 79.9. The molecule has 0 fully saturated rings. The van der Waals surface area contributed by atoms with Crippen LogP contribution in [0.3, 0.4) is 0 Å². The number of hydrogen-bond acceptors (Lipinski definition) is 3. The molecule has 0 amide bonds. The zero-order chi connectivity index (χ0) is 18.2. The summed E-state index contributed by atoms with van der Waals surface area (Å²) in [7, 11) is 4.10. The number of carboxylic acid groups (broad SMARTS) is 1. The summed E-state index contributed by atoms with van der Waals surface area (Å²) in [6.45, 7) is 6.71. The highest BCUT2D eigenvalue weighted by Gasteiger charge is 2.06. The molecule has 0 aromatic carbocycles. The predicted octanol–water partition coefficient (Wildman–Crippen LogP) is 5.34. The van der Waals surface area contributed by atoms with Gasteiger partial charge in [0.25, 0.3) is 0 Å². The summed E-state index contributed by atoms with van der Waals surface area (Å²) in [4.78, 5) is 15.3. The molecule has 150 valence electrons. The van der Waals surface area contributed by atoms with Crippen LogP contribution in [0.25, 0.3) is 0 Å².